The quantitative estimate of drug-likeness (QED) is 0.488. The molecule has 0 amide bonds. The van der Waals surface area contributed by atoms with Gasteiger partial charge in [0.1, 0.15) is 5.75 Å². The molecular formula is C23H16N2O. The van der Waals surface area contributed by atoms with Gasteiger partial charge in [0.15, 0.2) is 0 Å². The maximum atomic E-state index is 9.88. The molecular weight excluding hydrogens is 320 g/mol. The van der Waals surface area contributed by atoms with Crippen LogP contribution < -0.4 is 0 Å². The minimum Gasteiger partial charge on any atom is -0.508 e. The molecule has 0 spiro atoms. The molecule has 1 aliphatic carbocycles. The lowest BCUT2D eigenvalue weighted by Crippen LogP contribution is -1.94. The number of aromatic hydroxyl groups is 1. The molecule has 0 unspecified atom stereocenters. The van der Waals surface area contributed by atoms with Gasteiger partial charge in [-0.3, -0.25) is 4.98 Å². The summed E-state index contributed by atoms with van der Waals surface area (Å²) >= 11 is 0. The van der Waals surface area contributed by atoms with Crippen LogP contribution in [0.3, 0.4) is 0 Å². The van der Waals surface area contributed by atoms with Gasteiger partial charge in [-0.1, -0.05) is 36.4 Å². The fourth-order valence-electron chi connectivity index (χ4n) is 3.67. The Morgan fingerprint density at radius 3 is 2.46 bits per heavy atom. The number of hydrogen-bond acceptors (Lipinski definition) is 3. The minimum absolute atomic E-state index is 0.246. The molecule has 26 heavy (non-hydrogen) atoms. The molecule has 3 heteroatoms. The van der Waals surface area contributed by atoms with Crippen molar-refractivity contribution in [2.24, 2.45) is 0 Å². The van der Waals surface area contributed by atoms with Crippen LogP contribution in [0.15, 0.2) is 79.1 Å². The van der Waals surface area contributed by atoms with Crippen molar-refractivity contribution in [2.45, 2.75) is 6.42 Å². The SMILES string of the molecule is Oc1cccc(-c2cc(-c3ccncc3)c3c(n2)-c2ccccc2C3)c1. The van der Waals surface area contributed by atoms with E-state index in [4.69, 9.17) is 4.98 Å². The third kappa shape index (κ3) is 2.37. The fraction of sp³-hybridized carbons (Fsp3) is 0.0435. The first-order valence-electron chi connectivity index (χ1n) is 8.61. The maximum absolute atomic E-state index is 9.88. The molecule has 124 valence electrons. The van der Waals surface area contributed by atoms with Gasteiger partial charge >= 0.3 is 0 Å². The molecule has 1 N–H and O–H groups in total. The van der Waals surface area contributed by atoms with E-state index in [1.807, 2.05) is 36.7 Å². The molecule has 2 aromatic carbocycles. The van der Waals surface area contributed by atoms with E-state index in [2.05, 4.69) is 35.3 Å². The first-order valence-corrected chi connectivity index (χ1v) is 8.61. The highest BCUT2D eigenvalue weighted by Gasteiger charge is 2.24. The summed E-state index contributed by atoms with van der Waals surface area (Å²) in [4.78, 5) is 9.11. The van der Waals surface area contributed by atoms with Crippen molar-refractivity contribution in [1.82, 2.24) is 9.97 Å². The molecule has 4 aromatic rings. The monoisotopic (exact) mass is 336 g/mol. The van der Waals surface area contributed by atoms with Gasteiger partial charge in [0.05, 0.1) is 11.4 Å². The topological polar surface area (TPSA) is 46.0 Å². The molecule has 0 radical (unpaired) electrons. The number of aromatic nitrogens is 2. The zero-order valence-corrected chi connectivity index (χ0v) is 14.1. The highest BCUT2D eigenvalue weighted by molar-refractivity contribution is 5.85. The predicted octanol–water partition coefficient (Wildman–Crippen LogP) is 5.09. The van der Waals surface area contributed by atoms with Gasteiger partial charge in [-0.25, -0.2) is 4.98 Å². The Bertz CT molecular complexity index is 1120. The van der Waals surface area contributed by atoms with Crippen LogP contribution in [-0.2, 0) is 6.42 Å². The number of benzene rings is 2. The summed E-state index contributed by atoms with van der Waals surface area (Å²) in [5, 5.41) is 9.88. The van der Waals surface area contributed by atoms with Crippen LogP contribution in [-0.4, -0.2) is 15.1 Å². The van der Waals surface area contributed by atoms with Crippen molar-refractivity contribution in [1.29, 1.82) is 0 Å². The second-order valence-electron chi connectivity index (χ2n) is 6.50. The summed E-state index contributed by atoms with van der Waals surface area (Å²) in [6.45, 7) is 0. The molecule has 0 saturated heterocycles. The van der Waals surface area contributed by atoms with E-state index in [0.29, 0.717) is 0 Å². The molecule has 0 fully saturated rings. The molecule has 0 bridgehead atoms. The van der Waals surface area contributed by atoms with Gasteiger partial charge in [-0.05, 0) is 52.6 Å². The van der Waals surface area contributed by atoms with Crippen LogP contribution in [0.2, 0.25) is 0 Å². The lowest BCUT2D eigenvalue weighted by Gasteiger charge is -2.12. The molecule has 2 heterocycles. The predicted molar refractivity (Wildman–Crippen MR) is 103 cm³/mol. The summed E-state index contributed by atoms with van der Waals surface area (Å²) in [6, 6.07) is 21.9. The first-order chi connectivity index (χ1) is 12.8. The average Bonchev–Trinajstić information content (AvgIpc) is 3.06. The lowest BCUT2D eigenvalue weighted by molar-refractivity contribution is 0.475. The Morgan fingerprint density at radius 1 is 0.769 bits per heavy atom. The van der Waals surface area contributed by atoms with E-state index in [9.17, 15) is 5.11 Å². The number of fused-ring (bicyclic) bond motifs is 3. The molecule has 5 rings (SSSR count). The number of hydrogen-bond donors (Lipinski definition) is 1. The molecule has 0 saturated carbocycles. The first kappa shape index (κ1) is 14.8. The van der Waals surface area contributed by atoms with Crippen LogP contribution in [0.5, 0.6) is 5.75 Å². The van der Waals surface area contributed by atoms with E-state index in [0.717, 1.165) is 28.9 Å². The Balaban J connectivity index is 1.79. The van der Waals surface area contributed by atoms with Crippen molar-refractivity contribution >= 4 is 0 Å². The number of phenolic OH excluding ortho intramolecular Hbond substituents is 1. The van der Waals surface area contributed by atoms with Crippen LogP contribution in [0.1, 0.15) is 11.1 Å². The fourth-order valence-corrected chi connectivity index (χ4v) is 3.67. The van der Waals surface area contributed by atoms with Gasteiger partial charge in [-0.2, -0.15) is 0 Å². The molecule has 1 aliphatic rings. The summed E-state index contributed by atoms with van der Waals surface area (Å²) < 4.78 is 0. The molecule has 3 nitrogen and oxygen atoms in total. The Morgan fingerprint density at radius 2 is 1.62 bits per heavy atom. The highest BCUT2D eigenvalue weighted by Crippen LogP contribution is 2.42. The van der Waals surface area contributed by atoms with Crippen LogP contribution in [0.4, 0.5) is 0 Å². The van der Waals surface area contributed by atoms with Crippen LogP contribution >= 0.6 is 0 Å². The molecule has 0 atom stereocenters. The number of pyridine rings is 2. The van der Waals surface area contributed by atoms with Crippen molar-refractivity contribution in [3.63, 3.8) is 0 Å². The standard InChI is InChI=1S/C23H16N2O/c26-18-6-3-5-17(12-18)22-14-20(15-8-10-24-11-9-15)21-13-16-4-1-2-7-19(16)23(21)25-22/h1-12,14,26H,13H2. The normalized spacial score (nSPS) is 11.8. The van der Waals surface area contributed by atoms with Gasteiger partial charge in [0.25, 0.3) is 0 Å². The summed E-state index contributed by atoms with van der Waals surface area (Å²) in [5.41, 5.74) is 8.86. The van der Waals surface area contributed by atoms with E-state index in [1.165, 1.54) is 22.3 Å². The highest BCUT2D eigenvalue weighted by atomic mass is 16.3. The van der Waals surface area contributed by atoms with E-state index < -0.39 is 0 Å². The number of phenols is 1. The Labute approximate surface area is 151 Å². The lowest BCUT2D eigenvalue weighted by atomic mass is 9.97. The summed E-state index contributed by atoms with van der Waals surface area (Å²) in [5.74, 6) is 0.246. The third-order valence-electron chi connectivity index (χ3n) is 4.90. The van der Waals surface area contributed by atoms with Crippen LogP contribution in [0, 0.1) is 0 Å². The Hall–Kier alpha value is -3.46. The maximum Gasteiger partial charge on any atom is 0.116 e. The van der Waals surface area contributed by atoms with Crippen LogP contribution in [0.25, 0.3) is 33.6 Å². The average molecular weight is 336 g/mol. The third-order valence-corrected chi connectivity index (χ3v) is 4.90. The van der Waals surface area contributed by atoms with E-state index in [1.54, 1.807) is 12.1 Å². The van der Waals surface area contributed by atoms with Crippen molar-refractivity contribution in [3.8, 4) is 39.4 Å². The number of rotatable bonds is 2. The Kier molecular flexibility index (Phi) is 3.32. The van der Waals surface area contributed by atoms with Gasteiger partial charge in [-0.15, -0.1) is 0 Å². The number of nitrogens with zero attached hydrogens (tertiary/aromatic N) is 2. The van der Waals surface area contributed by atoms with E-state index >= 15 is 0 Å². The van der Waals surface area contributed by atoms with Gasteiger partial charge < -0.3 is 5.11 Å². The van der Waals surface area contributed by atoms with Gasteiger partial charge in [0, 0.05) is 29.9 Å². The smallest absolute Gasteiger partial charge is 0.116 e. The minimum atomic E-state index is 0.246. The van der Waals surface area contributed by atoms with E-state index in [-0.39, 0.29) is 5.75 Å². The van der Waals surface area contributed by atoms with Crippen molar-refractivity contribution in [2.75, 3.05) is 0 Å². The van der Waals surface area contributed by atoms with Crippen molar-refractivity contribution < 1.29 is 5.11 Å². The molecule has 2 aromatic heterocycles. The summed E-state index contributed by atoms with van der Waals surface area (Å²) in [7, 11) is 0. The van der Waals surface area contributed by atoms with Crippen molar-refractivity contribution in [3.05, 3.63) is 90.3 Å². The summed E-state index contributed by atoms with van der Waals surface area (Å²) in [6.07, 6.45) is 4.52. The second kappa shape index (κ2) is 5.81. The zero-order valence-electron chi connectivity index (χ0n) is 14.1. The van der Waals surface area contributed by atoms with Gasteiger partial charge in [0.2, 0.25) is 0 Å². The largest absolute Gasteiger partial charge is 0.508 e. The zero-order chi connectivity index (χ0) is 17.5. The molecule has 0 aliphatic heterocycles. The second-order valence-corrected chi connectivity index (χ2v) is 6.50.